The Morgan fingerprint density at radius 3 is 1.95 bits per heavy atom. The van der Waals surface area contributed by atoms with E-state index in [0.29, 0.717) is 0 Å². The fourth-order valence-corrected chi connectivity index (χ4v) is 8.52. The van der Waals surface area contributed by atoms with Crippen LogP contribution < -0.4 is 10.2 Å². The molecule has 1 heterocycles. The summed E-state index contributed by atoms with van der Waals surface area (Å²) >= 11 is 0. The predicted molar refractivity (Wildman–Crippen MR) is 163 cm³/mol. The zero-order valence-electron chi connectivity index (χ0n) is 26.3. The Bertz CT molecular complexity index is 1240. The quantitative estimate of drug-likeness (QED) is 0.276. The van der Waals surface area contributed by atoms with Crippen molar-refractivity contribution in [3.63, 3.8) is 0 Å². The lowest BCUT2D eigenvalue weighted by Gasteiger charge is -2.57. The Balaban J connectivity index is 1.54. The molecule has 0 amide bonds. The van der Waals surface area contributed by atoms with E-state index in [1.807, 2.05) is 0 Å². The van der Waals surface area contributed by atoms with E-state index in [2.05, 4.69) is 85.7 Å². The molecular weight excluding hydrogens is 495 g/mol. The minimum absolute atomic E-state index is 0.00324. The number of ether oxygens (including phenoxy) is 2. The third-order valence-electron chi connectivity index (χ3n) is 10.9. The van der Waals surface area contributed by atoms with Gasteiger partial charge in [0.1, 0.15) is 5.75 Å². The number of benzene rings is 2. The highest BCUT2D eigenvalue weighted by Crippen LogP contribution is 2.62. The van der Waals surface area contributed by atoms with Crippen LogP contribution in [-0.4, -0.2) is 32.2 Å². The van der Waals surface area contributed by atoms with Crippen molar-refractivity contribution in [2.75, 3.05) is 13.9 Å². The van der Waals surface area contributed by atoms with Crippen LogP contribution in [0.3, 0.4) is 0 Å². The summed E-state index contributed by atoms with van der Waals surface area (Å²) in [6, 6.07) is 11.6. The molecule has 5 fully saturated rings. The molecule has 5 heteroatoms. The van der Waals surface area contributed by atoms with E-state index in [1.54, 1.807) is 7.11 Å². The first kappa shape index (κ1) is 28.3. The molecule has 7 rings (SSSR count). The molecule has 216 valence electrons. The molecule has 2 aromatic carbocycles. The second-order valence-electron chi connectivity index (χ2n) is 15.6. The van der Waals surface area contributed by atoms with Crippen LogP contribution in [0.15, 0.2) is 30.3 Å². The molecule has 2 aromatic rings. The molecule has 5 aliphatic rings. The Labute approximate surface area is 242 Å². The third kappa shape index (κ3) is 4.74. The number of methoxy groups -OCH3 is 1. The number of hydrogen-bond acceptors (Lipinski definition) is 4. The molecule has 0 atom stereocenters. The summed E-state index contributed by atoms with van der Waals surface area (Å²) in [7, 11) is 1.26. The van der Waals surface area contributed by atoms with Crippen molar-refractivity contribution in [1.29, 1.82) is 0 Å². The standard InChI is InChI=1S/C35H49BO4/c1-22-12-28(27-11-10-26(32(2,3)4)17-30(27)36-39-33(5,6)34(7,8)40-36)31(38-21-37-9)29(13-22)35-18-23-14-24(19-35)16-25(15-23)20-35/h10-13,17,23-25H,14-16,18-21H2,1-9H3. The highest BCUT2D eigenvalue weighted by Gasteiger charge is 2.54. The molecule has 4 saturated carbocycles. The van der Waals surface area contributed by atoms with Gasteiger partial charge in [0.25, 0.3) is 0 Å². The van der Waals surface area contributed by atoms with Gasteiger partial charge in [-0.1, -0.05) is 45.0 Å². The molecule has 0 N–H and O–H groups in total. The lowest BCUT2D eigenvalue weighted by molar-refractivity contribution is -0.00877. The van der Waals surface area contributed by atoms with E-state index in [9.17, 15) is 0 Å². The summed E-state index contributed by atoms with van der Waals surface area (Å²) in [5, 5.41) is 0. The van der Waals surface area contributed by atoms with Gasteiger partial charge in [0.2, 0.25) is 0 Å². The Morgan fingerprint density at radius 1 is 0.850 bits per heavy atom. The van der Waals surface area contributed by atoms with Gasteiger partial charge >= 0.3 is 7.12 Å². The van der Waals surface area contributed by atoms with Crippen LogP contribution in [0.5, 0.6) is 5.75 Å². The van der Waals surface area contributed by atoms with Crippen molar-refractivity contribution < 1.29 is 18.8 Å². The summed E-state index contributed by atoms with van der Waals surface area (Å²) in [5.74, 6) is 3.57. The summed E-state index contributed by atoms with van der Waals surface area (Å²) in [5.41, 5.74) is 6.67. The van der Waals surface area contributed by atoms with Gasteiger partial charge in [0.15, 0.2) is 6.79 Å². The minimum atomic E-state index is -0.457. The van der Waals surface area contributed by atoms with Gasteiger partial charge in [0.05, 0.1) is 11.2 Å². The van der Waals surface area contributed by atoms with Crippen molar-refractivity contribution in [2.45, 2.75) is 116 Å². The molecule has 0 aromatic heterocycles. The maximum atomic E-state index is 6.67. The zero-order chi connectivity index (χ0) is 28.7. The average molecular weight is 545 g/mol. The lowest BCUT2D eigenvalue weighted by Crippen LogP contribution is -2.48. The van der Waals surface area contributed by atoms with E-state index in [1.165, 1.54) is 55.2 Å². The smallest absolute Gasteiger partial charge is 0.467 e. The lowest BCUT2D eigenvalue weighted by atomic mass is 9.48. The molecule has 4 bridgehead atoms. The molecule has 0 unspecified atom stereocenters. The van der Waals surface area contributed by atoms with Crippen LogP contribution >= 0.6 is 0 Å². The zero-order valence-corrected chi connectivity index (χ0v) is 26.3. The van der Waals surface area contributed by atoms with Crippen molar-refractivity contribution in [1.82, 2.24) is 0 Å². The summed E-state index contributed by atoms with van der Waals surface area (Å²) in [6.07, 6.45) is 8.14. The highest BCUT2D eigenvalue weighted by molar-refractivity contribution is 6.64. The fraction of sp³-hybridized carbons (Fsp3) is 0.657. The highest BCUT2D eigenvalue weighted by atomic mass is 16.7. The topological polar surface area (TPSA) is 36.9 Å². The van der Waals surface area contributed by atoms with Crippen molar-refractivity contribution >= 4 is 12.6 Å². The minimum Gasteiger partial charge on any atom is -0.467 e. The van der Waals surface area contributed by atoms with Crippen molar-refractivity contribution in [3.05, 3.63) is 47.0 Å². The first-order chi connectivity index (χ1) is 18.7. The van der Waals surface area contributed by atoms with Crippen molar-refractivity contribution in [2.24, 2.45) is 17.8 Å². The van der Waals surface area contributed by atoms with Crippen LogP contribution in [0.2, 0.25) is 0 Å². The molecule has 40 heavy (non-hydrogen) atoms. The second kappa shape index (κ2) is 9.61. The monoisotopic (exact) mass is 544 g/mol. The molecule has 4 aliphatic carbocycles. The number of hydrogen-bond donors (Lipinski definition) is 0. The van der Waals surface area contributed by atoms with Gasteiger partial charge in [-0.05, 0) is 130 Å². The van der Waals surface area contributed by atoms with Crippen LogP contribution in [0.4, 0.5) is 0 Å². The van der Waals surface area contributed by atoms with E-state index < -0.39 is 18.3 Å². The van der Waals surface area contributed by atoms with Crippen molar-refractivity contribution in [3.8, 4) is 16.9 Å². The molecule has 1 aliphatic heterocycles. The molecular formula is C35H49BO4. The number of rotatable bonds is 6. The van der Waals surface area contributed by atoms with Crippen LogP contribution in [0.1, 0.15) is 104 Å². The summed E-state index contributed by atoms with van der Waals surface area (Å²) in [6.45, 7) is 17.8. The van der Waals surface area contributed by atoms with Gasteiger partial charge < -0.3 is 18.8 Å². The Hall–Kier alpha value is -1.82. The third-order valence-corrected chi connectivity index (χ3v) is 10.9. The van der Waals surface area contributed by atoms with E-state index in [-0.39, 0.29) is 17.6 Å². The second-order valence-corrected chi connectivity index (χ2v) is 15.6. The maximum Gasteiger partial charge on any atom is 0.495 e. The van der Waals surface area contributed by atoms with E-state index in [4.69, 9.17) is 18.8 Å². The molecule has 1 saturated heterocycles. The van der Waals surface area contributed by atoms with E-state index >= 15 is 0 Å². The van der Waals surface area contributed by atoms with Gasteiger partial charge in [-0.25, -0.2) is 0 Å². The molecule has 4 nitrogen and oxygen atoms in total. The van der Waals surface area contributed by atoms with Gasteiger partial charge in [-0.3, -0.25) is 0 Å². The average Bonchev–Trinajstić information content (AvgIpc) is 3.07. The summed E-state index contributed by atoms with van der Waals surface area (Å²) in [4.78, 5) is 0. The SMILES string of the molecule is COCOc1c(-c2ccc(C(C)(C)C)cc2B2OC(C)(C)C(C)(C)O2)cc(C)cc1C12CC3CC(CC(C3)C1)C2. The first-order valence-electron chi connectivity index (χ1n) is 15.5. The van der Waals surface area contributed by atoms with E-state index in [0.717, 1.165) is 40.1 Å². The maximum absolute atomic E-state index is 6.67. The van der Waals surface area contributed by atoms with Gasteiger partial charge in [-0.15, -0.1) is 0 Å². The summed E-state index contributed by atoms with van der Waals surface area (Å²) < 4.78 is 25.5. The fourth-order valence-electron chi connectivity index (χ4n) is 8.52. The normalized spacial score (nSPS) is 30.2. The first-order valence-corrected chi connectivity index (χ1v) is 15.5. The van der Waals surface area contributed by atoms with Gasteiger partial charge in [0, 0.05) is 18.2 Å². The van der Waals surface area contributed by atoms with Gasteiger partial charge in [-0.2, -0.15) is 0 Å². The molecule has 0 radical (unpaired) electrons. The van der Waals surface area contributed by atoms with Crippen LogP contribution in [0.25, 0.3) is 11.1 Å². The number of aryl methyl sites for hydroxylation is 1. The van der Waals surface area contributed by atoms with Crippen LogP contribution in [0, 0.1) is 24.7 Å². The van der Waals surface area contributed by atoms with Crippen LogP contribution in [-0.2, 0) is 24.9 Å². The predicted octanol–water partition coefficient (Wildman–Crippen LogP) is 7.71. The molecule has 0 spiro atoms. The largest absolute Gasteiger partial charge is 0.495 e. The Kier molecular flexibility index (Phi) is 6.80. The Morgan fingerprint density at radius 2 is 1.43 bits per heavy atom.